The van der Waals surface area contributed by atoms with Gasteiger partial charge in [-0.25, -0.2) is 4.98 Å². The molecule has 0 aliphatic carbocycles. The van der Waals surface area contributed by atoms with Gasteiger partial charge in [-0.3, -0.25) is 4.90 Å². The van der Waals surface area contributed by atoms with E-state index in [1.165, 1.54) is 5.56 Å². The fourth-order valence-corrected chi connectivity index (χ4v) is 4.92. The molecule has 4 rings (SSSR count). The van der Waals surface area contributed by atoms with Crippen LogP contribution in [0.1, 0.15) is 38.7 Å². The first kappa shape index (κ1) is 22.5. The predicted octanol–water partition coefficient (Wildman–Crippen LogP) is 4.18. The molecule has 168 valence electrons. The summed E-state index contributed by atoms with van der Waals surface area (Å²) in [6.45, 7) is 7.18. The van der Waals surface area contributed by atoms with Crippen LogP contribution in [0.5, 0.6) is 0 Å². The van der Waals surface area contributed by atoms with Crippen LogP contribution in [0.15, 0.2) is 48.7 Å². The van der Waals surface area contributed by atoms with E-state index >= 15 is 0 Å². The third kappa shape index (κ3) is 5.78. The maximum absolute atomic E-state index is 10.6. The number of halogens is 1. The van der Waals surface area contributed by atoms with Gasteiger partial charge in [0.1, 0.15) is 5.82 Å². The van der Waals surface area contributed by atoms with Gasteiger partial charge >= 0.3 is 0 Å². The van der Waals surface area contributed by atoms with Crippen molar-refractivity contribution < 1.29 is 9.84 Å². The van der Waals surface area contributed by atoms with Crippen molar-refractivity contribution >= 4 is 17.4 Å². The fraction of sp³-hybridized carbons (Fsp3) is 0.560. The summed E-state index contributed by atoms with van der Waals surface area (Å²) in [6, 6.07) is 15.1. The molecule has 2 saturated heterocycles. The van der Waals surface area contributed by atoms with Crippen LogP contribution in [0.3, 0.4) is 0 Å². The Kier molecular flexibility index (Phi) is 7.17. The second-order valence-electron chi connectivity index (χ2n) is 9.40. The highest BCUT2D eigenvalue weighted by molar-refractivity contribution is 6.30. The van der Waals surface area contributed by atoms with Gasteiger partial charge in [-0.2, -0.15) is 0 Å². The van der Waals surface area contributed by atoms with Crippen molar-refractivity contribution in [1.82, 2.24) is 9.88 Å². The largest absolute Gasteiger partial charge is 0.388 e. The SMILES string of the molecule is CC(C)(O)[C@H]1CN(C2CCN(c3ccccn3)CC2)[C@@H](CCc2ccc(Cl)cc2)CO1. The van der Waals surface area contributed by atoms with Gasteiger partial charge in [-0.15, -0.1) is 0 Å². The molecule has 6 heteroatoms. The molecule has 2 aliphatic heterocycles. The standard InChI is InChI=1S/C25H34ClN3O2/c1-25(2,30)23-17-29(21-12-15-28(16-13-21)24-5-3-4-14-27-24)22(18-31-23)11-8-19-6-9-20(26)10-7-19/h3-7,9-10,14,21-23,30H,8,11-13,15-18H2,1-2H3/t22-,23+/m0/s1. The molecule has 1 aromatic carbocycles. The number of rotatable bonds is 6. The molecule has 0 unspecified atom stereocenters. The first-order valence-corrected chi connectivity index (χ1v) is 11.8. The summed E-state index contributed by atoms with van der Waals surface area (Å²) >= 11 is 6.04. The molecule has 0 amide bonds. The molecule has 0 bridgehead atoms. The third-order valence-electron chi connectivity index (χ3n) is 6.71. The Bertz CT molecular complexity index is 817. The number of aliphatic hydroxyl groups is 1. The average molecular weight is 444 g/mol. The van der Waals surface area contributed by atoms with Crippen LogP contribution in [-0.4, -0.2) is 65.0 Å². The van der Waals surface area contributed by atoms with E-state index in [4.69, 9.17) is 16.3 Å². The zero-order chi connectivity index (χ0) is 21.8. The summed E-state index contributed by atoms with van der Waals surface area (Å²) in [5.41, 5.74) is 0.465. The lowest BCUT2D eigenvalue weighted by Crippen LogP contribution is -2.60. The number of ether oxygens (including phenoxy) is 1. The first-order valence-electron chi connectivity index (χ1n) is 11.4. The van der Waals surface area contributed by atoms with E-state index in [0.29, 0.717) is 18.7 Å². The number of aryl methyl sites for hydroxylation is 1. The van der Waals surface area contributed by atoms with Crippen LogP contribution >= 0.6 is 11.6 Å². The molecule has 3 heterocycles. The highest BCUT2D eigenvalue weighted by Crippen LogP contribution is 2.29. The third-order valence-corrected chi connectivity index (χ3v) is 6.96. The highest BCUT2D eigenvalue weighted by Gasteiger charge is 2.40. The van der Waals surface area contributed by atoms with E-state index in [-0.39, 0.29) is 6.10 Å². The van der Waals surface area contributed by atoms with Crippen molar-refractivity contribution in [2.45, 2.75) is 63.3 Å². The Hall–Kier alpha value is -1.66. The first-order chi connectivity index (χ1) is 14.9. The van der Waals surface area contributed by atoms with Gasteiger partial charge < -0.3 is 14.7 Å². The predicted molar refractivity (Wildman–Crippen MR) is 126 cm³/mol. The molecular formula is C25H34ClN3O2. The van der Waals surface area contributed by atoms with Gasteiger partial charge in [-0.1, -0.05) is 29.8 Å². The lowest BCUT2D eigenvalue weighted by Gasteiger charge is -2.49. The van der Waals surface area contributed by atoms with E-state index in [1.54, 1.807) is 0 Å². The average Bonchev–Trinajstić information content (AvgIpc) is 2.79. The molecular weight excluding hydrogens is 410 g/mol. The quantitative estimate of drug-likeness (QED) is 0.725. The van der Waals surface area contributed by atoms with Crippen molar-refractivity contribution in [2.24, 2.45) is 0 Å². The van der Waals surface area contributed by atoms with Gasteiger partial charge in [-0.05, 0) is 69.4 Å². The summed E-state index contributed by atoms with van der Waals surface area (Å²) in [5, 5.41) is 11.4. The number of hydrogen-bond donors (Lipinski definition) is 1. The lowest BCUT2D eigenvalue weighted by molar-refractivity contribution is -0.155. The molecule has 2 fully saturated rings. The zero-order valence-electron chi connectivity index (χ0n) is 18.6. The van der Waals surface area contributed by atoms with E-state index < -0.39 is 5.60 Å². The molecule has 2 aliphatic rings. The van der Waals surface area contributed by atoms with Crippen molar-refractivity contribution in [1.29, 1.82) is 0 Å². The van der Waals surface area contributed by atoms with Crippen LogP contribution in [0.4, 0.5) is 5.82 Å². The van der Waals surface area contributed by atoms with Crippen molar-refractivity contribution in [3.63, 3.8) is 0 Å². The van der Waals surface area contributed by atoms with Crippen LogP contribution in [0, 0.1) is 0 Å². The lowest BCUT2D eigenvalue weighted by atomic mass is 9.93. The van der Waals surface area contributed by atoms with Crippen LogP contribution < -0.4 is 4.90 Å². The normalized spacial score (nSPS) is 23.8. The second kappa shape index (κ2) is 9.86. The topological polar surface area (TPSA) is 48.8 Å². The minimum Gasteiger partial charge on any atom is -0.388 e. The van der Waals surface area contributed by atoms with E-state index in [1.807, 2.05) is 38.2 Å². The van der Waals surface area contributed by atoms with Gasteiger partial charge in [0.2, 0.25) is 0 Å². The number of anilines is 1. The maximum Gasteiger partial charge on any atom is 0.128 e. The maximum atomic E-state index is 10.6. The Morgan fingerprint density at radius 1 is 1.13 bits per heavy atom. The number of benzene rings is 1. The molecule has 2 aromatic rings. The number of hydrogen-bond acceptors (Lipinski definition) is 5. The zero-order valence-corrected chi connectivity index (χ0v) is 19.3. The van der Waals surface area contributed by atoms with Crippen molar-refractivity contribution in [3.8, 4) is 0 Å². The number of pyridine rings is 1. The Balaban J connectivity index is 1.42. The Labute approximate surface area is 191 Å². The molecule has 1 aromatic heterocycles. The molecule has 5 nitrogen and oxygen atoms in total. The number of piperidine rings is 1. The van der Waals surface area contributed by atoms with Gasteiger partial charge in [0, 0.05) is 42.9 Å². The summed E-state index contributed by atoms with van der Waals surface area (Å²) < 4.78 is 6.14. The van der Waals surface area contributed by atoms with Crippen molar-refractivity contribution in [3.05, 3.63) is 59.2 Å². The molecule has 0 saturated carbocycles. The Morgan fingerprint density at radius 3 is 2.52 bits per heavy atom. The van der Waals surface area contributed by atoms with Gasteiger partial charge in [0.05, 0.1) is 18.3 Å². The monoisotopic (exact) mass is 443 g/mol. The van der Waals surface area contributed by atoms with Crippen molar-refractivity contribution in [2.75, 3.05) is 31.1 Å². The highest BCUT2D eigenvalue weighted by atomic mass is 35.5. The van der Waals surface area contributed by atoms with Crippen LogP contribution in [0.2, 0.25) is 5.02 Å². The summed E-state index contributed by atoms with van der Waals surface area (Å²) in [7, 11) is 0. The molecule has 0 radical (unpaired) electrons. The molecule has 1 N–H and O–H groups in total. The van der Waals surface area contributed by atoms with Gasteiger partial charge in [0.25, 0.3) is 0 Å². The number of nitrogens with zero attached hydrogens (tertiary/aromatic N) is 3. The van der Waals surface area contributed by atoms with E-state index in [2.05, 4.69) is 39.0 Å². The van der Waals surface area contributed by atoms with Gasteiger partial charge in [0.15, 0.2) is 0 Å². The molecule has 31 heavy (non-hydrogen) atoms. The van der Waals surface area contributed by atoms with Crippen LogP contribution in [-0.2, 0) is 11.2 Å². The summed E-state index contributed by atoms with van der Waals surface area (Å²) in [4.78, 5) is 9.52. The van der Waals surface area contributed by atoms with E-state index in [0.717, 1.165) is 56.2 Å². The van der Waals surface area contributed by atoms with E-state index in [9.17, 15) is 5.11 Å². The molecule has 0 spiro atoms. The number of morpholine rings is 1. The fourth-order valence-electron chi connectivity index (χ4n) is 4.79. The minimum atomic E-state index is -0.839. The Morgan fingerprint density at radius 2 is 1.87 bits per heavy atom. The summed E-state index contributed by atoms with van der Waals surface area (Å²) in [6.07, 6.45) is 5.96. The molecule has 2 atom stereocenters. The van der Waals surface area contributed by atoms with Crippen LogP contribution in [0.25, 0.3) is 0 Å². The second-order valence-corrected chi connectivity index (χ2v) is 9.83. The number of aromatic nitrogens is 1. The smallest absolute Gasteiger partial charge is 0.128 e. The minimum absolute atomic E-state index is 0.159. The summed E-state index contributed by atoms with van der Waals surface area (Å²) in [5.74, 6) is 1.07.